The van der Waals surface area contributed by atoms with Gasteiger partial charge in [0.1, 0.15) is 0 Å². The van der Waals surface area contributed by atoms with Gasteiger partial charge in [-0.2, -0.15) is 4.39 Å². The Bertz CT molecular complexity index is 641. The van der Waals surface area contributed by atoms with Crippen LogP contribution in [0.2, 0.25) is 0 Å². The van der Waals surface area contributed by atoms with Crippen LogP contribution in [0.3, 0.4) is 0 Å². The van der Waals surface area contributed by atoms with E-state index in [2.05, 4.69) is 10.3 Å². The Morgan fingerprint density at radius 1 is 1.21 bits per heavy atom. The predicted octanol–water partition coefficient (Wildman–Crippen LogP) is 2.68. The second-order valence-electron chi connectivity index (χ2n) is 3.93. The van der Waals surface area contributed by atoms with Crippen molar-refractivity contribution in [2.24, 2.45) is 0 Å². The molecule has 1 aromatic carbocycles. The van der Waals surface area contributed by atoms with E-state index in [0.29, 0.717) is 11.3 Å². The Morgan fingerprint density at radius 2 is 2.00 bits per heavy atom. The van der Waals surface area contributed by atoms with Gasteiger partial charge in [-0.3, -0.25) is 9.59 Å². The number of halogens is 1. The van der Waals surface area contributed by atoms with Crippen LogP contribution < -0.4 is 5.32 Å². The number of aromatic nitrogens is 1. The number of nitrogens with one attached hydrogen (secondary N) is 1. The van der Waals surface area contributed by atoms with Crippen molar-refractivity contribution in [3.63, 3.8) is 0 Å². The van der Waals surface area contributed by atoms with E-state index < -0.39 is 11.9 Å². The van der Waals surface area contributed by atoms with Crippen LogP contribution in [0.4, 0.5) is 10.1 Å². The molecule has 2 rings (SSSR count). The smallest absolute Gasteiger partial charge is 0.260 e. The molecule has 4 nitrogen and oxygen atoms in total. The number of nitrogens with zero attached hydrogens (tertiary/aromatic N) is 1. The second kappa shape index (κ2) is 5.39. The number of pyridine rings is 1. The van der Waals surface area contributed by atoms with Crippen molar-refractivity contribution in [1.29, 1.82) is 0 Å². The van der Waals surface area contributed by atoms with Gasteiger partial charge in [0.25, 0.3) is 5.91 Å². The van der Waals surface area contributed by atoms with Crippen LogP contribution in [-0.4, -0.2) is 16.7 Å². The van der Waals surface area contributed by atoms with Gasteiger partial charge >= 0.3 is 0 Å². The maximum atomic E-state index is 13.3. The quantitative estimate of drug-likeness (QED) is 0.680. The number of Topliss-reactive ketones (excluding diaryl/α,β-unsaturated/α-hetero) is 1. The first-order valence-electron chi connectivity index (χ1n) is 5.61. The molecule has 0 atom stereocenters. The number of hydrogen-bond donors (Lipinski definition) is 1. The molecule has 0 radical (unpaired) electrons. The molecule has 0 aliphatic heterocycles. The average molecular weight is 258 g/mol. The second-order valence-corrected chi connectivity index (χ2v) is 3.93. The molecule has 1 aromatic heterocycles. The third-order valence-corrected chi connectivity index (χ3v) is 2.53. The van der Waals surface area contributed by atoms with E-state index in [4.69, 9.17) is 0 Å². The molecule has 0 aliphatic carbocycles. The van der Waals surface area contributed by atoms with Crippen LogP contribution in [0.25, 0.3) is 0 Å². The topological polar surface area (TPSA) is 59.1 Å². The molecule has 0 saturated heterocycles. The third kappa shape index (κ3) is 3.01. The fourth-order valence-electron chi connectivity index (χ4n) is 1.57. The lowest BCUT2D eigenvalue weighted by Gasteiger charge is -2.06. The number of carbonyl (C=O) groups excluding carboxylic acids is 2. The van der Waals surface area contributed by atoms with Crippen molar-refractivity contribution in [2.75, 3.05) is 5.32 Å². The number of carbonyl (C=O) groups is 2. The minimum atomic E-state index is -0.831. The number of ketones is 1. The molecule has 0 unspecified atom stereocenters. The Balaban J connectivity index is 2.22. The summed E-state index contributed by atoms with van der Waals surface area (Å²) in [4.78, 5) is 26.5. The van der Waals surface area contributed by atoms with Crippen molar-refractivity contribution >= 4 is 17.4 Å². The van der Waals surface area contributed by atoms with Crippen LogP contribution >= 0.6 is 0 Å². The van der Waals surface area contributed by atoms with E-state index in [1.54, 1.807) is 18.2 Å². The van der Waals surface area contributed by atoms with Gasteiger partial charge in [0.05, 0.1) is 5.56 Å². The van der Waals surface area contributed by atoms with E-state index in [-0.39, 0.29) is 11.3 Å². The normalized spacial score (nSPS) is 10.0. The molecule has 2 aromatic rings. The van der Waals surface area contributed by atoms with Gasteiger partial charge in [0, 0.05) is 17.4 Å². The Kier molecular flexibility index (Phi) is 3.66. The van der Waals surface area contributed by atoms with Gasteiger partial charge in [-0.05, 0) is 31.2 Å². The molecule has 1 N–H and O–H groups in total. The molecule has 96 valence electrons. The van der Waals surface area contributed by atoms with E-state index in [0.717, 1.165) is 0 Å². The minimum absolute atomic E-state index is 0.108. The van der Waals surface area contributed by atoms with Gasteiger partial charge < -0.3 is 5.32 Å². The standard InChI is InChI=1S/C14H11FN2O2/c1-9(18)10-4-2-5-11(8-10)17-14(19)12-6-3-7-16-13(12)15/h2-8H,1H3,(H,17,19). The summed E-state index contributed by atoms with van der Waals surface area (Å²) in [5.41, 5.74) is 0.765. The van der Waals surface area contributed by atoms with Crippen molar-refractivity contribution < 1.29 is 14.0 Å². The molecule has 1 amide bonds. The summed E-state index contributed by atoms with van der Waals surface area (Å²) in [6, 6.07) is 9.26. The zero-order valence-corrected chi connectivity index (χ0v) is 10.2. The maximum absolute atomic E-state index is 13.3. The molecule has 0 fully saturated rings. The molecule has 0 spiro atoms. The van der Waals surface area contributed by atoms with Gasteiger partial charge in [-0.25, -0.2) is 4.98 Å². The first-order valence-corrected chi connectivity index (χ1v) is 5.61. The van der Waals surface area contributed by atoms with E-state index in [1.165, 1.54) is 31.3 Å². The maximum Gasteiger partial charge on any atom is 0.260 e. The van der Waals surface area contributed by atoms with Gasteiger partial charge in [-0.1, -0.05) is 12.1 Å². The van der Waals surface area contributed by atoms with Gasteiger partial charge in [0.2, 0.25) is 5.95 Å². The highest BCUT2D eigenvalue weighted by Gasteiger charge is 2.12. The van der Waals surface area contributed by atoms with Crippen LogP contribution in [0, 0.1) is 5.95 Å². The predicted molar refractivity (Wildman–Crippen MR) is 68.6 cm³/mol. The SMILES string of the molecule is CC(=O)c1cccc(NC(=O)c2cccnc2F)c1. The first kappa shape index (κ1) is 12.9. The lowest BCUT2D eigenvalue weighted by molar-refractivity contribution is 0.100. The Hall–Kier alpha value is -2.56. The molecular weight excluding hydrogens is 247 g/mol. The highest BCUT2D eigenvalue weighted by Crippen LogP contribution is 2.13. The fraction of sp³-hybridized carbons (Fsp3) is 0.0714. The minimum Gasteiger partial charge on any atom is -0.322 e. The summed E-state index contributed by atoms with van der Waals surface area (Å²) in [6.45, 7) is 1.43. The van der Waals surface area contributed by atoms with Crippen LogP contribution in [-0.2, 0) is 0 Å². The van der Waals surface area contributed by atoms with Crippen molar-refractivity contribution in [2.45, 2.75) is 6.92 Å². The number of benzene rings is 1. The van der Waals surface area contributed by atoms with Crippen LogP contribution in [0.15, 0.2) is 42.6 Å². The van der Waals surface area contributed by atoms with Crippen molar-refractivity contribution in [1.82, 2.24) is 4.98 Å². The van der Waals surface area contributed by atoms with E-state index in [9.17, 15) is 14.0 Å². The summed E-state index contributed by atoms with van der Waals surface area (Å²) in [5, 5.41) is 2.52. The van der Waals surface area contributed by atoms with Crippen LogP contribution in [0.5, 0.6) is 0 Å². The molecule has 1 heterocycles. The lowest BCUT2D eigenvalue weighted by atomic mass is 10.1. The summed E-state index contributed by atoms with van der Waals surface area (Å²) in [6.07, 6.45) is 1.27. The highest BCUT2D eigenvalue weighted by atomic mass is 19.1. The molecule has 0 aliphatic rings. The zero-order chi connectivity index (χ0) is 13.8. The van der Waals surface area contributed by atoms with Gasteiger partial charge in [0.15, 0.2) is 5.78 Å². The summed E-state index contributed by atoms with van der Waals surface area (Å²) >= 11 is 0. The highest BCUT2D eigenvalue weighted by molar-refractivity contribution is 6.05. The lowest BCUT2D eigenvalue weighted by Crippen LogP contribution is -2.14. The fourth-order valence-corrected chi connectivity index (χ4v) is 1.57. The number of rotatable bonds is 3. The largest absolute Gasteiger partial charge is 0.322 e. The summed E-state index contributed by atoms with van der Waals surface area (Å²) in [7, 11) is 0. The summed E-state index contributed by atoms with van der Waals surface area (Å²) < 4.78 is 13.3. The van der Waals surface area contributed by atoms with E-state index in [1.807, 2.05) is 0 Å². The Labute approximate surface area is 109 Å². The monoisotopic (exact) mass is 258 g/mol. The zero-order valence-electron chi connectivity index (χ0n) is 10.2. The van der Waals surface area contributed by atoms with E-state index >= 15 is 0 Å². The third-order valence-electron chi connectivity index (χ3n) is 2.53. The number of amides is 1. The molecule has 19 heavy (non-hydrogen) atoms. The van der Waals surface area contributed by atoms with Crippen molar-refractivity contribution in [3.8, 4) is 0 Å². The molecule has 0 saturated carbocycles. The number of anilines is 1. The average Bonchev–Trinajstić information content (AvgIpc) is 2.39. The van der Waals surface area contributed by atoms with Crippen molar-refractivity contribution in [3.05, 3.63) is 59.7 Å². The summed E-state index contributed by atoms with van der Waals surface area (Å²) in [5.74, 6) is -1.54. The molecular formula is C14H11FN2O2. The molecule has 5 heteroatoms. The number of hydrogen-bond acceptors (Lipinski definition) is 3. The van der Waals surface area contributed by atoms with Gasteiger partial charge in [-0.15, -0.1) is 0 Å². The molecule has 0 bridgehead atoms. The Morgan fingerprint density at radius 3 is 2.68 bits per heavy atom. The first-order chi connectivity index (χ1) is 9.08. The van der Waals surface area contributed by atoms with Crippen LogP contribution in [0.1, 0.15) is 27.6 Å².